The minimum atomic E-state index is -4.53. The Labute approximate surface area is 195 Å². The van der Waals surface area contributed by atoms with Crippen LogP contribution in [-0.2, 0) is 20.1 Å². The first-order valence-corrected chi connectivity index (χ1v) is 12.4. The summed E-state index contributed by atoms with van der Waals surface area (Å²) in [5, 5.41) is 6.97. The van der Waals surface area contributed by atoms with E-state index >= 15 is 0 Å². The van der Waals surface area contributed by atoms with Crippen molar-refractivity contribution in [3.8, 4) is 0 Å². The molecule has 0 aromatic heterocycles. The standard InChI is InChI=1S/C20H17N7O5S2/c21-26-24-20(25-27-22)13-12-16(11-10-15-6-4-5-9-18(15)34(30,31)32)19(14-20)33(28,29)23-17-7-2-1-3-8-17/h1-13,23H,14H2,(H,30,31,32). The van der Waals surface area contributed by atoms with Gasteiger partial charge in [-0.1, -0.05) is 70.9 Å². The van der Waals surface area contributed by atoms with E-state index in [1.807, 2.05) is 0 Å². The SMILES string of the molecule is [N-]=[N+]=NC1(N=[N+]=[N-])C=CC(C=Cc2ccccc2S(=O)(=O)O)=C(S(=O)(=O)Nc2ccccc2)C1. The van der Waals surface area contributed by atoms with Gasteiger partial charge < -0.3 is 0 Å². The number of azide groups is 1. The molecule has 0 unspecified atom stereocenters. The van der Waals surface area contributed by atoms with Crippen LogP contribution in [0.1, 0.15) is 12.0 Å². The molecule has 34 heavy (non-hydrogen) atoms. The Bertz CT molecular complexity index is 1480. The van der Waals surface area contributed by atoms with E-state index in [0.29, 0.717) is 0 Å². The zero-order valence-electron chi connectivity index (χ0n) is 17.3. The molecule has 3 rings (SSSR count). The summed E-state index contributed by atoms with van der Waals surface area (Å²) in [7, 11) is -8.77. The lowest BCUT2D eigenvalue weighted by atomic mass is 9.97. The number of nitrogens with one attached hydrogen (secondary N) is 1. The lowest BCUT2D eigenvalue weighted by Gasteiger charge is -2.26. The maximum absolute atomic E-state index is 13.3. The van der Waals surface area contributed by atoms with Crippen molar-refractivity contribution < 1.29 is 21.4 Å². The molecule has 0 fully saturated rings. The van der Waals surface area contributed by atoms with Crippen LogP contribution >= 0.6 is 0 Å². The van der Waals surface area contributed by atoms with Gasteiger partial charge in [-0.15, -0.1) is 0 Å². The van der Waals surface area contributed by atoms with Gasteiger partial charge in [-0.25, -0.2) is 8.42 Å². The minimum absolute atomic E-state index is 0.112. The number of sulfonamides is 1. The van der Waals surface area contributed by atoms with Crippen LogP contribution in [0.15, 0.2) is 98.4 Å². The third-order valence-corrected chi connectivity index (χ3v) is 7.16. The Morgan fingerprint density at radius 1 is 0.941 bits per heavy atom. The van der Waals surface area contributed by atoms with Crippen LogP contribution in [0.2, 0.25) is 0 Å². The number of hydrogen-bond donors (Lipinski definition) is 2. The van der Waals surface area contributed by atoms with Gasteiger partial charge in [0.05, 0.1) is 4.91 Å². The smallest absolute Gasteiger partial charge is 0.282 e. The quantitative estimate of drug-likeness (QED) is 0.224. The maximum Gasteiger partial charge on any atom is 0.295 e. The number of allylic oxidation sites excluding steroid dienone is 3. The van der Waals surface area contributed by atoms with Crippen LogP contribution in [0.4, 0.5) is 5.69 Å². The highest BCUT2D eigenvalue weighted by atomic mass is 32.2. The van der Waals surface area contributed by atoms with Gasteiger partial charge in [0.2, 0.25) is 0 Å². The van der Waals surface area contributed by atoms with Crippen LogP contribution in [-0.4, -0.2) is 27.1 Å². The molecule has 1 aliphatic rings. The zero-order chi connectivity index (χ0) is 24.8. The molecule has 0 radical (unpaired) electrons. The molecular weight excluding hydrogens is 482 g/mol. The zero-order valence-corrected chi connectivity index (χ0v) is 18.9. The summed E-state index contributed by atoms with van der Waals surface area (Å²) in [6, 6.07) is 13.6. The first-order valence-electron chi connectivity index (χ1n) is 9.48. The molecule has 1 aliphatic carbocycles. The third kappa shape index (κ3) is 5.64. The maximum atomic E-state index is 13.3. The summed E-state index contributed by atoms with van der Waals surface area (Å²) in [5.41, 5.74) is 16.5. The summed E-state index contributed by atoms with van der Waals surface area (Å²) in [5.74, 6) is 0. The molecule has 2 N–H and O–H groups in total. The lowest BCUT2D eigenvalue weighted by molar-refractivity contribution is 0.483. The normalized spacial score (nSPS) is 18.3. The topological polar surface area (TPSA) is 198 Å². The molecule has 0 saturated carbocycles. The van der Waals surface area contributed by atoms with E-state index in [-0.39, 0.29) is 26.6 Å². The summed E-state index contributed by atoms with van der Waals surface area (Å²) in [4.78, 5) is 4.70. The molecule has 14 heteroatoms. The van der Waals surface area contributed by atoms with E-state index in [1.165, 1.54) is 54.6 Å². The first kappa shape index (κ1) is 24.6. The summed E-state index contributed by atoms with van der Waals surface area (Å²) in [6.07, 6.45) is 4.70. The van der Waals surface area contributed by atoms with E-state index in [0.717, 1.165) is 0 Å². The number of nitrogens with zero attached hydrogens (tertiary/aromatic N) is 6. The lowest BCUT2D eigenvalue weighted by Crippen LogP contribution is -2.28. The number of anilines is 1. The highest BCUT2D eigenvalue weighted by molar-refractivity contribution is 7.96. The molecule has 2 aromatic carbocycles. The van der Waals surface area contributed by atoms with Crippen LogP contribution in [0.25, 0.3) is 27.0 Å². The predicted molar refractivity (Wildman–Crippen MR) is 126 cm³/mol. The molecule has 0 heterocycles. The van der Waals surface area contributed by atoms with Crippen LogP contribution in [0, 0.1) is 0 Å². The highest BCUT2D eigenvalue weighted by Crippen LogP contribution is 2.36. The number of para-hydroxylation sites is 1. The fourth-order valence-corrected chi connectivity index (χ4v) is 5.28. The van der Waals surface area contributed by atoms with E-state index in [2.05, 4.69) is 24.8 Å². The van der Waals surface area contributed by atoms with Gasteiger partial charge in [-0.2, -0.15) is 8.42 Å². The Hall–Kier alpha value is -4.06. The Morgan fingerprint density at radius 2 is 1.56 bits per heavy atom. The average Bonchev–Trinajstić information content (AvgIpc) is 2.78. The van der Waals surface area contributed by atoms with Gasteiger partial charge in [0.1, 0.15) is 10.6 Å². The molecule has 0 saturated heterocycles. The Kier molecular flexibility index (Phi) is 7.11. The van der Waals surface area contributed by atoms with Crippen molar-refractivity contribution in [2.24, 2.45) is 10.2 Å². The van der Waals surface area contributed by atoms with Crippen molar-refractivity contribution in [2.75, 3.05) is 4.72 Å². The average molecular weight is 500 g/mol. The molecule has 0 amide bonds. The van der Waals surface area contributed by atoms with Crippen LogP contribution < -0.4 is 4.72 Å². The van der Waals surface area contributed by atoms with Gasteiger partial charge in [0, 0.05) is 21.9 Å². The van der Waals surface area contributed by atoms with Gasteiger partial charge in [-0.05, 0) is 40.4 Å². The second-order valence-corrected chi connectivity index (χ2v) is 10.1. The molecule has 0 aliphatic heterocycles. The van der Waals surface area contributed by atoms with Crippen molar-refractivity contribution in [3.05, 3.63) is 110 Å². The van der Waals surface area contributed by atoms with Crippen molar-refractivity contribution >= 4 is 31.9 Å². The van der Waals surface area contributed by atoms with Crippen LogP contribution in [0.5, 0.6) is 0 Å². The molecule has 0 spiro atoms. The van der Waals surface area contributed by atoms with Gasteiger partial charge >= 0.3 is 0 Å². The first-order chi connectivity index (χ1) is 16.1. The fourth-order valence-electron chi connectivity index (χ4n) is 3.18. The van der Waals surface area contributed by atoms with E-state index < -0.39 is 32.2 Å². The number of hydrogen-bond acceptors (Lipinski definition) is 6. The van der Waals surface area contributed by atoms with Crippen molar-refractivity contribution in [3.63, 3.8) is 0 Å². The molecule has 0 bridgehead atoms. The van der Waals surface area contributed by atoms with Crippen molar-refractivity contribution in [2.45, 2.75) is 17.0 Å². The summed E-state index contributed by atoms with van der Waals surface area (Å²) < 4.78 is 61.7. The highest BCUT2D eigenvalue weighted by Gasteiger charge is 2.35. The van der Waals surface area contributed by atoms with E-state index in [1.54, 1.807) is 24.3 Å². The molecular formula is C20H17N7O5S2. The van der Waals surface area contributed by atoms with Crippen LogP contribution in [0.3, 0.4) is 0 Å². The van der Waals surface area contributed by atoms with Gasteiger partial charge in [0.15, 0.2) is 0 Å². The second kappa shape index (κ2) is 9.83. The van der Waals surface area contributed by atoms with E-state index in [9.17, 15) is 21.4 Å². The third-order valence-electron chi connectivity index (χ3n) is 4.70. The largest absolute Gasteiger partial charge is 0.295 e. The van der Waals surface area contributed by atoms with Gasteiger partial charge in [0.25, 0.3) is 20.1 Å². The monoisotopic (exact) mass is 499 g/mol. The Morgan fingerprint density at radius 3 is 2.18 bits per heavy atom. The molecule has 12 nitrogen and oxygen atoms in total. The number of rotatable bonds is 8. The number of benzene rings is 2. The fraction of sp³-hybridized carbons (Fsp3) is 0.100. The summed E-state index contributed by atoms with van der Waals surface area (Å²) in [6.45, 7) is 0. The predicted octanol–water partition coefficient (Wildman–Crippen LogP) is 4.92. The van der Waals surface area contributed by atoms with E-state index in [4.69, 9.17) is 11.1 Å². The molecule has 2 aromatic rings. The second-order valence-electron chi connectivity index (χ2n) is 6.96. The minimum Gasteiger partial charge on any atom is -0.282 e. The molecule has 174 valence electrons. The van der Waals surface area contributed by atoms with Crippen molar-refractivity contribution in [1.82, 2.24) is 0 Å². The summed E-state index contributed by atoms with van der Waals surface area (Å²) >= 11 is 0. The Balaban J connectivity index is 2.15. The van der Waals surface area contributed by atoms with Crippen molar-refractivity contribution in [1.29, 1.82) is 0 Å². The molecule has 0 atom stereocenters. The van der Waals surface area contributed by atoms with Gasteiger partial charge in [-0.3, -0.25) is 9.27 Å².